The Morgan fingerprint density at radius 2 is 1.86 bits per heavy atom. The third-order valence-corrected chi connectivity index (χ3v) is 4.65. The van der Waals surface area contributed by atoms with Gasteiger partial charge in [0.25, 0.3) is 10.0 Å². The largest absolute Gasteiger partial charge is 0.326 e. The molecule has 2 aromatic rings. The van der Waals surface area contributed by atoms with E-state index < -0.39 is 15.8 Å². The van der Waals surface area contributed by atoms with Gasteiger partial charge in [0.1, 0.15) is 11.6 Å². The molecule has 0 aliphatic carbocycles. The van der Waals surface area contributed by atoms with Crippen molar-refractivity contribution in [1.82, 2.24) is 4.98 Å². The molecule has 0 saturated heterocycles. The number of hydrogen-bond donors (Lipinski definition) is 2. The molecule has 0 saturated carbocycles. The van der Waals surface area contributed by atoms with Crippen LogP contribution in [0.4, 0.5) is 10.2 Å². The number of nitrogens with zero attached hydrogens (tertiary/aromatic N) is 1. The molecule has 0 aliphatic heterocycles. The average molecular weight is 309 g/mol. The molecule has 0 radical (unpaired) electrons. The number of nitrogens with two attached hydrogens (primary N) is 1. The van der Waals surface area contributed by atoms with E-state index in [0.717, 1.165) is 5.56 Å². The summed E-state index contributed by atoms with van der Waals surface area (Å²) in [7, 11) is -3.82. The lowest BCUT2D eigenvalue weighted by Gasteiger charge is -2.12. The minimum absolute atomic E-state index is 0.0635. The zero-order valence-corrected chi connectivity index (χ0v) is 12.5. The molecular weight excluding hydrogens is 293 g/mol. The van der Waals surface area contributed by atoms with E-state index in [9.17, 15) is 12.8 Å². The van der Waals surface area contributed by atoms with Crippen LogP contribution in [0.15, 0.2) is 35.4 Å². The Morgan fingerprint density at radius 1 is 1.24 bits per heavy atom. The third-order valence-electron chi connectivity index (χ3n) is 2.99. The molecule has 1 aromatic heterocycles. The van der Waals surface area contributed by atoms with E-state index in [4.69, 9.17) is 5.73 Å². The summed E-state index contributed by atoms with van der Waals surface area (Å²) in [6.45, 7) is 3.43. The predicted molar refractivity (Wildman–Crippen MR) is 78.8 cm³/mol. The average Bonchev–Trinajstić information content (AvgIpc) is 2.37. The van der Waals surface area contributed by atoms with Crippen molar-refractivity contribution in [3.63, 3.8) is 0 Å². The van der Waals surface area contributed by atoms with Crippen molar-refractivity contribution >= 4 is 15.8 Å². The van der Waals surface area contributed by atoms with Gasteiger partial charge in [-0.2, -0.15) is 0 Å². The molecule has 3 N–H and O–H groups in total. The van der Waals surface area contributed by atoms with Crippen molar-refractivity contribution < 1.29 is 12.8 Å². The molecule has 5 nitrogen and oxygen atoms in total. The summed E-state index contributed by atoms with van der Waals surface area (Å²) in [5.74, 6) is -0.273. The van der Waals surface area contributed by atoms with Gasteiger partial charge >= 0.3 is 0 Å². The zero-order valence-electron chi connectivity index (χ0n) is 11.7. The van der Waals surface area contributed by atoms with Gasteiger partial charge in [0.15, 0.2) is 0 Å². The first-order chi connectivity index (χ1) is 9.83. The predicted octanol–water partition coefficient (Wildman–Crippen LogP) is 2.10. The summed E-state index contributed by atoms with van der Waals surface area (Å²) in [5, 5.41) is 0. The van der Waals surface area contributed by atoms with E-state index in [1.54, 1.807) is 19.9 Å². The summed E-state index contributed by atoms with van der Waals surface area (Å²) in [6.07, 6.45) is 1.50. The molecule has 0 atom stereocenters. The molecule has 0 fully saturated rings. The number of benzene rings is 1. The van der Waals surface area contributed by atoms with Crippen molar-refractivity contribution in [2.24, 2.45) is 5.73 Å². The van der Waals surface area contributed by atoms with Crippen LogP contribution < -0.4 is 10.5 Å². The third kappa shape index (κ3) is 3.37. The number of rotatable bonds is 4. The van der Waals surface area contributed by atoms with Crippen molar-refractivity contribution in [1.29, 1.82) is 0 Å². The number of halogens is 1. The minimum Gasteiger partial charge on any atom is -0.326 e. The fourth-order valence-corrected chi connectivity index (χ4v) is 3.58. The monoisotopic (exact) mass is 309 g/mol. The second-order valence-corrected chi connectivity index (χ2v) is 6.35. The van der Waals surface area contributed by atoms with Gasteiger partial charge in [-0.25, -0.2) is 17.8 Å². The highest BCUT2D eigenvalue weighted by Crippen LogP contribution is 2.23. The zero-order chi connectivity index (χ0) is 15.6. The van der Waals surface area contributed by atoms with E-state index in [-0.39, 0.29) is 10.7 Å². The molecular formula is C14H16FN3O2S. The van der Waals surface area contributed by atoms with Gasteiger partial charge in [0.2, 0.25) is 0 Å². The Hall–Kier alpha value is -1.99. The van der Waals surface area contributed by atoms with Crippen LogP contribution in [0.25, 0.3) is 0 Å². The van der Waals surface area contributed by atoms with Crippen LogP contribution >= 0.6 is 0 Å². The summed E-state index contributed by atoms with van der Waals surface area (Å²) >= 11 is 0. The molecule has 0 amide bonds. The number of aromatic nitrogens is 1. The molecule has 0 bridgehead atoms. The van der Waals surface area contributed by atoms with Crippen molar-refractivity contribution in [2.45, 2.75) is 25.3 Å². The van der Waals surface area contributed by atoms with Gasteiger partial charge in [-0.3, -0.25) is 4.72 Å². The standard InChI is InChI=1S/C14H16FN3O2S/c1-9-5-12(15)6-10(2)14(9)21(19,20)18-13-4-3-11(7-16)8-17-13/h3-6,8H,7,16H2,1-2H3,(H,17,18). The number of hydrogen-bond acceptors (Lipinski definition) is 4. The van der Waals surface area contributed by atoms with Crippen LogP contribution in [0.1, 0.15) is 16.7 Å². The molecule has 112 valence electrons. The van der Waals surface area contributed by atoms with Crippen molar-refractivity contribution in [2.75, 3.05) is 4.72 Å². The number of aryl methyl sites for hydroxylation is 2. The Balaban J connectivity index is 2.38. The van der Waals surface area contributed by atoms with Crippen molar-refractivity contribution in [3.8, 4) is 0 Å². The highest BCUT2D eigenvalue weighted by molar-refractivity contribution is 7.92. The van der Waals surface area contributed by atoms with Crippen LogP contribution in [0.2, 0.25) is 0 Å². The lowest BCUT2D eigenvalue weighted by Crippen LogP contribution is -2.17. The quantitative estimate of drug-likeness (QED) is 0.905. The second-order valence-electron chi connectivity index (χ2n) is 4.73. The number of nitrogens with one attached hydrogen (secondary N) is 1. The maximum absolute atomic E-state index is 13.3. The normalized spacial score (nSPS) is 11.4. The molecule has 0 aliphatic rings. The van der Waals surface area contributed by atoms with Gasteiger partial charge in [0, 0.05) is 12.7 Å². The summed E-state index contributed by atoms with van der Waals surface area (Å²) in [6, 6.07) is 5.60. The topological polar surface area (TPSA) is 85.1 Å². The fourth-order valence-electron chi connectivity index (χ4n) is 2.12. The van der Waals surface area contributed by atoms with Crippen LogP contribution in [0.5, 0.6) is 0 Å². The fraction of sp³-hybridized carbons (Fsp3) is 0.214. The van der Waals surface area contributed by atoms with Crippen LogP contribution in [-0.2, 0) is 16.6 Å². The van der Waals surface area contributed by atoms with E-state index in [1.807, 2.05) is 0 Å². The van der Waals surface area contributed by atoms with Crippen molar-refractivity contribution in [3.05, 3.63) is 53.0 Å². The lowest BCUT2D eigenvalue weighted by molar-refractivity contribution is 0.597. The van der Waals surface area contributed by atoms with E-state index in [1.165, 1.54) is 24.4 Å². The number of sulfonamides is 1. The van der Waals surface area contributed by atoms with Gasteiger partial charge in [-0.05, 0) is 48.7 Å². The van der Waals surface area contributed by atoms with Gasteiger partial charge < -0.3 is 5.73 Å². The molecule has 1 aromatic carbocycles. The van der Waals surface area contributed by atoms with Crippen LogP contribution in [0, 0.1) is 19.7 Å². The maximum Gasteiger partial charge on any atom is 0.263 e. The Morgan fingerprint density at radius 3 is 2.33 bits per heavy atom. The summed E-state index contributed by atoms with van der Waals surface area (Å²) in [4.78, 5) is 4.06. The molecule has 1 heterocycles. The molecule has 2 rings (SSSR count). The SMILES string of the molecule is Cc1cc(F)cc(C)c1S(=O)(=O)Nc1ccc(CN)cn1. The summed E-state index contributed by atoms with van der Waals surface area (Å²) < 4.78 is 40.5. The molecule has 0 unspecified atom stereocenters. The van der Waals surface area contributed by atoms with Gasteiger partial charge in [0.05, 0.1) is 4.90 Å². The Bertz CT molecular complexity index is 735. The highest BCUT2D eigenvalue weighted by atomic mass is 32.2. The Kier molecular flexibility index (Phi) is 4.24. The summed E-state index contributed by atoms with van der Waals surface area (Å²) in [5.41, 5.74) is 6.95. The lowest BCUT2D eigenvalue weighted by atomic mass is 10.1. The first-order valence-corrected chi connectivity index (χ1v) is 7.76. The highest BCUT2D eigenvalue weighted by Gasteiger charge is 2.20. The second kappa shape index (κ2) is 5.79. The van der Waals surface area contributed by atoms with E-state index in [0.29, 0.717) is 17.7 Å². The first kappa shape index (κ1) is 15.4. The molecule has 21 heavy (non-hydrogen) atoms. The van der Waals surface area contributed by atoms with E-state index >= 15 is 0 Å². The Labute approximate surface area is 123 Å². The molecule has 0 spiro atoms. The number of anilines is 1. The van der Waals surface area contributed by atoms with Gasteiger partial charge in [-0.1, -0.05) is 6.07 Å². The van der Waals surface area contributed by atoms with Crippen LogP contribution in [0.3, 0.4) is 0 Å². The van der Waals surface area contributed by atoms with E-state index in [2.05, 4.69) is 9.71 Å². The minimum atomic E-state index is -3.82. The molecule has 7 heteroatoms. The first-order valence-electron chi connectivity index (χ1n) is 6.28. The maximum atomic E-state index is 13.3. The number of pyridine rings is 1. The smallest absolute Gasteiger partial charge is 0.263 e. The van der Waals surface area contributed by atoms with Gasteiger partial charge in [-0.15, -0.1) is 0 Å². The van der Waals surface area contributed by atoms with Crippen LogP contribution in [-0.4, -0.2) is 13.4 Å².